The van der Waals surface area contributed by atoms with Gasteiger partial charge in [-0.1, -0.05) is 24.3 Å². The molecule has 118 valence electrons. The second-order valence-electron chi connectivity index (χ2n) is 5.41. The molecule has 23 heavy (non-hydrogen) atoms. The van der Waals surface area contributed by atoms with Crippen LogP contribution >= 0.6 is 0 Å². The fourth-order valence-electron chi connectivity index (χ4n) is 2.81. The number of anilines is 1. The van der Waals surface area contributed by atoms with Crippen molar-refractivity contribution >= 4 is 17.9 Å². The lowest BCUT2D eigenvalue weighted by molar-refractivity contribution is -0.117. The van der Waals surface area contributed by atoms with Gasteiger partial charge in [0.25, 0.3) is 0 Å². The van der Waals surface area contributed by atoms with Gasteiger partial charge >= 0.3 is 0 Å². The average Bonchev–Trinajstić information content (AvgIpc) is 2.94. The summed E-state index contributed by atoms with van der Waals surface area (Å²) in [6.45, 7) is 0.269. The Morgan fingerprint density at radius 1 is 1.17 bits per heavy atom. The van der Waals surface area contributed by atoms with E-state index in [-0.39, 0.29) is 29.9 Å². The molecule has 0 radical (unpaired) electrons. The number of para-hydroxylation sites is 1. The van der Waals surface area contributed by atoms with Crippen molar-refractivity contribution in [3.05, 3.63) is 54.1 Å². The number of amides is 1. The summed E-state index contributed by atoms with van der Waals surface area (Å²) in [5.74, 6) is 0.281. The van der Waals surface area contributed by atoms with Crippen LogP contribution in [0.2, 0.25) is 0 Å². The van der Waals surface area contributed by atoms with Crippen LogP contribution in [0.15, 0.2) is 48.5 Å². The molecule has 1 saturated heterocycles. The molecule has 5 nitrogen and oxygen atoms in total. The number of benzene rings is 2. The lowest BCUT2D eigenvalue weighted by Gasteiger charge is -2.25. The molecule has 1 amide bonds. The van der Waals surface area contributed by atoms with Crippen molar-refractivity contribution in [3.8, 4) is 11.5 Å². The molecule has 1 atom stereocenters. The maximum Gasteiger partial charge on any atom is 0.227 e. The van der Waals surface area contributed by atoms with Crippen molar-refractivity contribution in [2.24, 2.45) is 0 Å². The highest BCUT2D eigenvalue weighted by atomic mass is 16.5. The largest absolute Gasteiger partial charge is 0.507 e. The molecular weight excluding hydrogens is 294 g/mol. The fraction of sp³-hybridized carbons (Fsp3) is 0.222. The summed E-state index contributed by atoms with van der Waals surface area (Å²) in [5, 5.41) is 9.68. The van der Waals surface area contributed by atoms with Gasteiger partial charge in [-0.15, -0.1) is 0 Å². The molecule has 1 N–H and O–H groups in total. The van der Waals surface area contributed by atoms with Crippen LogP contribution in [-0.4, -0.2) is 29.9 Å². The predicted octanol–water partition coefficient (Wildman–Crippen LogP) is 2.78. The molecule has 2 aromatic carbocycles. The van der Waals surface area contributed by atoms with Crippen molar-refractivity contribution in [1.29, 1.82) is 0 Å². The van der Waals surface area contributed by atoms with Gasteiger partial charge in [-0.25, -0.2) is 0 Å². The number of aldehydes is 1. The van der Waals surface area contributed by atoms with Crippen molar-refractivity contribution in [1.82, 2.24) is 0 Å². The Kier molecular flexibility index (Phi) is 4.28. The molecule has 0 unspecified atom stereocenters. The molecule has 0 bridgehead atoms. The van der Waals surface area contributed by atoms with E-state index in [4.69, 9.17) is 4.74 Å². The summed E-state index contributed by atoms with van der Waals surface area (Å²) in [4.78, 5) is 25.0. The summed E-state index contributed by atoms with van der Waals surface area (Å²) >= 11 is 0. The van der Waals surface area contributed by atoms with Crippen LogP contribution in [0.4, 0.5) is 5.69 Å². The van der Waals surface area contributed by atoms with Gasteiger partial charge in [0.05, 0.1) is 11.6 Å². The standard InChI is InChI=1S/C18H17NO4/c20-11-15-16(21)7-4-8-17(15)23-12-14-9-10-18(22)19(14)13-5-2-1-3-6-13/h1-8,11,14,21H,9-10,12H2/t14-/m0/s1. The number of hydrogen-bond acceptors (Lipinski definition) is 4. The van der Waals surface area contributed by atoms with Crippen LogP contribution in [0.3, 0.4) is 0 Å². The summed E-state index contributed by atoms with van der Waals surface area (Å²) in [6.07, 6.45) is 1.74. The highest BCUT2D eigenvalue weighted by Gasteiger charge is 2.32. The van der Waals surface area contributed by atoms with E-state index in [2.05, 4.69) is 0 Å². The topological polar surface area (TPSA) is 66.8 Å². The number of ether oxygens (including phenoxy) is 1. The zero-order valence-corrected chi connectivity index (χ0v) is 12.5. The number of phenols is 1. The minimum absolute atomic E-state index is 0.0660. The number of carbonyl (C=O) groups excluding carboxylic acids is 2. The summed E-state index contributed by atoms with van der Waals surface area (Å²) in [6, 6.07) is 14.1. The number of phenolic OH excluding ortho intramolecular Hbond substituents is 1. The molecular formula is C18H17NO4. The van der Waals surface area contributed by atoms with E-state index in [1.807, 2.05) is 30.3 Å². The molecule has 2 aromatic rings. The van der Waals surface area contributed by atoms with Gasteiger partial charge in [-0.3, -0.25) is 9.59 Å². The minimum Gasteiger partial charge on any atom is -0.507 e. The lowest BCUT2D eigenvalue weighted by Crippen LogP contribution is -2.37. The number of nitrogens with zero attached hydrogens (tertiary/aromatic N) is 1. The zero-order chi connectivity index (χ0) is 16.2. The Morgan fingerprint density at radius 3 is 2.70 bits per heavy atom. The van der Waals surface area contributed by atoms with Crippen molar-refractivity contribution in [3.63, 3.8) is 0 Å². The second-order valence-corrected chi connectivity index (χ2v) is 5.41. The van der Waals surface area contributed by atoms with E-state index in [0.717, 1.165) is 5.69 Å². The molecule has 1 aliphatic heterocycles. The lowest BCUT2D eigenvalue weighted by atomic mass is 10.2. The monoisotopic (exact) mass is 311 g/mol. The third-order valence-corrected chi connectivity index (χ3v) is 3.95. The van der Waals surface area contributed by atoms with Gasteiger partial charge in [0.2, 0.25) is 5.91 Å². The first-order valence-corrected chi connectivity index (χ1v) is 7.48. The molecule has 1 fully saturated rings. The molecule has 0 aromatic heterocycles. The van der Waals surface area contributed by atoms with Crippen LogP contribution in [-0.2, 0) is 4.79 Å². The van der Waals surface area contributed by atoms with Crippen LogP contribution in [0.1, 0.15) is 23.2 Å². The van der Waals surface area contributed by atoms with Crippen LogP contribution in [0, 0.1) is 0 Å². The van der Waals surface area contributed by atoms with Gasteiger partial charge < -0.3 is 14.7 Å². The Labute approximate surface area is 134 Å². The van der Waals surface area contributed by atoms with Gasteiger partial charge in [0.1, 0.15) is 18.1 Å². The zero-order valence-electron chi connectivity index (χ0n) is 12.5. The number of aromatic hydroxyl groups is 1. The van der Waals surface area contributed by atoms with E-state index in [1.54, 1.807) is 17.0 Å². The molecule has 0 aliphatic carbocycles. The minimum atomic E-state index is -0.111. The van der Waals surface area contributed by atoms with Crippen LogP contribution < -0.4 is 9.64 Å². The van der Waals surface area contributed by atoms with Crippen molar-refractivity contribution in [2.75, 3.05) is 11.5 Å². The number of rotatable bonds is 5. The quantitative estimate of drug-likeness (QED) is 0.862. The number of carbonyl (C=O) groups is 2. The maximum absolute atomic E-state index is 12.1. The van der Waals surface area contributed by atoms with Crippen molar-refractivity contribution < 1.29 is 19.4 Å². The van der Waals surface area contributed by atoms with Gasteiger partial charge in [0, 0.05) is 12.1 Å². The highest BCUT2D eigenvalue weighted by Crippen LogP contribution is 2.29. The average molecular weight is 311 g/mol. The molecule has 1 aliphatic rings. The van der Waals surface area contributed by atoms with Crippen LogP contribution in [0.5, 0.6) is 11.5 Å². The third kappa shape index (κ3) is 3.04. The molecule has 1 heterocycles. The van der Waals surface area contributed by atoms with E-state index in [1.165, 1.54) is 6.07 Å². The van der Waals surface area contributed by atoms with Gasteiger partial charge in [-0.2, -0.15) is 0 Å². The Bertz CT molecular complexity index is 714. The maximum atomic E-state index is 12.1. The van der Waals surface area contributed by atoms with E-state index in [9.17, 15) is 14.7 Å². The van der Waals surface area contributed by atoms with Crippen LogP contribution in [0.25, 0.3) is 0 Å². The van der Waals surface area contributed by atoms with Crippen molar-refractivity contribution in [2.45, 2.75) is 18.9 Å². The Hall–Kier alpha value is -2.82. The normalized spacial score (nSPS) is 17.3. The fourth-order valence-corrected chi connectivity index (χ4v) is 2.81. The van der Waals surface area contributed by atoms with E-state index in [0.29, 0.717) is 24.9 Å². The second kappa shape index (κ2) is 6.52. The molecule has 0 saturated carbocycles. The van der Waals surface area contributed by atoms with Gasteiger partial charge in [-0.05, 0) is 30.7 Å². The number of hydrogen-bond donors (Lipinski definition) is 1. The first-order chi connectivity index (χ1) is 11.2. The SMILES string of the molecule is O=Cc1c(O)cccc1OC[C@@H]1CCC(=O)N1c1ccccc1. The first-order valence-electron chi connectivity index (χ1n) is 7.48. The summed E-state index contributed by atoms with van der Waals surface area (Å²) in [7, 11) is 0. The van der Waals surface area contributed by atoms with E-state index < -0.39 is 0 Å². The molecule has 3 rings (SSSR count). The third-order valence-electron chi connectivity index (χ3n) is 3.95. The Balaban J connectivity index is 1.76. The highest BCUT2D eigenvalue weighted by molar-refractivity contribution is 5.96. The summed E-state index contributed by atoms with van der Waals surface area (Å²) in [5.41, 5.74) is 0.971. The first kappa shape index (κ1) is 15.1. The molecule has 0 spiro atoms. The van der Waals surface area contributed by atoms with Gasteiger partial charge in [0.15, 0.2) is 6.29 Å². The Morgan fingerprint density at radius 2 is 1.96 bits per heavy atom. The predicted molar refractivity (Wildman–Crippen MR) is 85.9 cm³/mol. The summed E-state index contributed by atoms with van der Waals surface area (Å²) < 4.78 is 5.71. The smallest absolute Gasteiger partial charge is 0.227 e. The molecule has 5 heteroatoms. The van der Waals surface area contributed by atoms with E-state index >= 15 is 0 Å².